The van der Waals surface area contributed by atoms with Gasteiger partial charge in [-0.05, 0) is 43.2 Å². The zero-order valence-corrected chi connectivity index (χ0v) is 12.3. The van der Waals surface area contributed by atoms with Gasteiger partial charge in [-0.1, -0.05) is 32.0 Å². The Morgan fingerprint density at radius 2 is 1.95 bits per heavy atom. The summed E-state index contributed by atoms with van der Waals surface area (Å²) < 4.78 is 0. The molecule has 1 heterocycles. The van der Waals surface area contributed by atoms with Crippen molar-refractivity contribution in [3.8, 4) is 0 Å². The molecule has 2 nitrogen and oxygen atoms in total. The van der Waals surface area contributed by atoms with Gasteiger partial charge in [0.1, 0.15) is 0 Å². The van der Waals surface area contributed by atoms with E-state index in [2.05, 4.69) is 48.3 Å². The van der Waals surface area contributed by atoms with Gasteiger partial charge in [-0.3, -0.25) is 0 Å². The first kappa shape index (κ1) is 13.0. The second-order valence-electron chi connectivity index (χ2n) is 6.29. The summed E-state index contributed by atoms with van der Waals surface area (Å²) in [4.78, 5) is 2.65. The Bertz CT molecular complexity index is 433. The Morgan fingerprint density at radius 1 is 1.21 bits per heavy atom. The number of nitrogens with one attached hydrogen (secondary N) is 1. The SMILES string of the molecule is CCC1(CC)CN(CC2CC2)c2ccccc2CN1. The fraction of sp³-hybridized carbons (Fsp3) is 0.647. The van der Waals surface area contributed by atoms with E-state index in [0.717, 1.165) is 19.0 Å². The Kier molecular flexibility index (Phi) is 3.53. The Labute approximate surface area is 117 Å². The van der Waals surface area contributed by atoms with Crippen LogP contribution in [0.4, 0.5) is 5.69 Å². The fourth-order valence-electron chi connectivity index (χ4n) is 3.26. The predicted octanol–water partition coefficient (Wildman–Crippen LogP) is 3.57. The predicted molar refractivity (Wildman–Crippen MR) is 81.5 cm³/mol. The van der Waals surface area contributed by atoms with Crippen LogP contribution in [0.2, 0.25) is 0 Å². The third kappa shape index (κ3) is 2.64. The average Bonchev–Trinajstić information content (AvgIpc) is 3.27. The molecule has 2 heteroatoms. The second kappa shape index (κ2) is 5.16. The summed E-state index contributed by atoms with van der Waals surface area (Å²) in [6, 6.07) is 8.94. The van der Waals surface area contributed by atoms with Crippen LogP contribution in [0.25, 0.3) is 0 Å². The van der Waals surface area contributed by atoms with Gasteiger partial charge < -0.3 is 10.2 Å². The van der Waals surface area contributed by atoms with Gasteiger partial charge in [0, 0.05) is 30.9 Å². The summed E-state index contributed by atoms with van der Waals surface area (Å²) in [6.07, 6.45) is 5.27. The van der Waals surface area contributed by atoms with Crippen LogP contribution in [0, 0.1) is 5.92 Å². The summed E-state index contributed by atoms with van der Waals surface area (Å²) in [6.45, 7) is 8.07. The molecule has 1 saturated carbocycles. The molecule has 0 atom stereocenters. The summed E-state index contributed by atoms with van der Waals surface area (Å²) >= 11 is 0. The lowest BCUT2D eigenvalue weighted by molar-refractivity contribution is 0.306. The van der Waals surface area contributed by atoms with Crippen molar-refractivity contribution in [3.05, 3.63) is 29.8 Å². The first-order valence-electron chi connectivity index (χ1n) is 7.84. The Balaban J connectivity index is 1.91. The maximum atomic E-state index is 3.83. The monoisotopic (exact) mass is 258 g/mol. The van der Waals surface area contributed by atoms with Crippen molar-refractivity contribution in [2.75, 3.05) is 18.0 Å². The van der Waals surface area contributed by atoms with Crippen LogP contribution in [-0.2, 0) is 6.54 Å². The third-order valence-corrected chi connectivity index (χ3v) is 5.01. The minimum absolute atomic E-state index is 0.286. The molecule has 19 heavy (non-hydrogen) atoms. The number of hydrogen-bond acceptors (Lipinski definition) is 2. The molecule has 0 bridgehead atoms. The minimum atomic E-state index is 0.286. The van der Waals surface area contributed by atoms with Crippen molar-refractivity contribution < 1.29 is 0 Å². The second-order valence-corrected chi connectivity index (χ2v) is 6.29. The van der Waals surface area contributed by atoms with Crippen molar-refractivity contribution in [2.24, 2.45) is 5.92 Å². The topological polar surface area (TPSA) is 15.3 Å². The van der Waals surface area contributed by atoms with Crippen LogP contribution in [-0.4, -0.2) is 18.6 Å². The van der Waals surface area contributed by atoms with Crippen LogP contribution in [0.15, 0.2) is 24.3 Å². The zero-order chi connectivity index (χ0) is 13.3. The molecule has 2 aliphatic rings. The normalized spacial score (nSPS) is 21.9. The molecule has 0 amide bonds. The van der Waals surface area contributed by atoms with Crippen molar-refractivity contribution >= 4 is 5.69 Å². The molecular formula is C17H26N2. The number of nitrogens with zero attached hydrogens (tertiary/aromatic N) is 1. The highest BCUT2D eigenvalue weighted by molar-refractivity contribution is 5.55. The fourth-order valence-corrected chi connectivity index (χ4v) is 3.26. The van der Waals surface area contributed by atoms with Crippen molar-refractivity contribution in [1.29, 1.82) is 0 Å². The van der Waals surface area contributed by atoms with Crippen LogP contribution in [0.5, 0.6) is 0 Å². The molecule has 0 unspecified atom stereocenters. The maximum absolute atomic E-state index is 3.83. The van der Waals surface area contributed by atoms with E-state index in [0.29, 0.717) is 0 Å². The van der Waals surface area contributed by atoms with Crippen molar-refractivity contribution in [3.63, 3.8) is 0 Å². The van der Waals surface area contributed by atoms with E-state index in [1.807, 2.05) is 0 Å². The maximum Gasteiger partial charge on any atom is 0.0412 e. The molecule has 0 saturated heterocycles. The van der Waals surface area contributed by atoms with Gasteiger partial charge in [0.2, 0.25) is 0 Å². The molecule has 0 aromatic heterocycles. The lowest BCUT2D eigenvalue weighted by Crippen LogP contribution is -2.51. The van der Waals surface area contributed by atoms with E-state index >= 15 is 0 Å². The van der Waals surface area contributed by atoms with Crippen LogP contribution in [0.3, 0.4) is 0 Å². The van der Waals surface area contributed by atoms with E-state index in [9.17, 15) is 0 Å². The van der Waals surface area contributed by atoms with Crippen LogP contribution >= 0.6 is 0 Å². The molecule has 1 N–H and O–H groups in total. The standard InChI is InChI=1S/C17H26N2/c1-3-17(4-2)13-19(12-14-9-10-14)16-8-6-5-7-15(16)11-18-17/h5-8,14,18H,3-4,9-13H2,1-2H3. The molecular weight excluding hydrogens is 232 g/mol. The largest absolute Gasteiger partial charge is 0.369 e. The molecule has 3 rings (SSSR count). The number of para-hydroxylation sites is 1. The quantitative estimate of drug-likeness (QED) is 0.888. The lowest BCUT2D eigenvalue weighted by Gasteiger charge is -2.36. The Hall–Kier alpha value is -1.02. The van der Waals surface area contributed by atoms with Gasteiger partial charge in [0.25, 0.3) is 0 Å². The van der Waals surface area contributed by atoms with Crippen LogP contribution in [0.1, 0.15) is 45.1 Å². The average molecular weight is 258 g/mol. The smallest absolute Gasteiger partial charge is 0.0412 e. The lowest BCUT2D eigenvalue weighted by atomic mass is 9.92. The molecule has 1 aliphatic heterocycles. The highest BCUT2D eigenvalue weighted by Gasteiger charge is 2.34. The van der Waals surface area contributed by atoms with E-state index < -0.39 is 0 Å². The molecule has 104 valence electrons. The van der Waals surface area contributed by atoms with E-state index in [1.54, 1.807) is 0 Å². The zero-order valence-electron chi connectivity index (χ0n) is 12.3. The molecule has 1 fully saturated rings. The van der Waals surface area contributed by atoms with Crippen molar-refractivity contribution in [1.82, 2.24) is 5.32 Å². The number of fused-ring (bicyclic) bond motifs is 1. The minimum Gasteiger partial charge on any atom is -0.369 e. The van der Waals surface area contributed by atoms with Gasteiger partial charge in [-0.15, -0.1) is 0 Å². The number of rotatable bonds is 4. The van der Waals surface area contributed by atoms with Crippen molar-refractivity contribution in [2.45, 2.75) is 51.6 Å². The van der Waals surface area contributed by atoms with Gasteiger partial charge in [0.15, 0.2) is 0 Å². The van der Waals surface area contributed by atoms with E-state index in [4.69, 9.17) is 0 Å². The summed E-state index contributed by atoms with van der Waals surface area (Å²) in [5, 5.41) is 3.83. The summed E-state index contributed by atoms with van der Waals surface area (Å²) in [5.74, 6) is 0.942. The first-order valence-corrected chi connectivity index (χ1v) is 7.84. The van der Waals surface area contributed by atoms with Gasteiger partial charge in [-0.25, -0.2) is 0 Å². The molecule has 1 aromatic carbocycles. The van der Waals surface area contributed by atoms with Gasteiger partial charge >= 0.3 is 0 Å². The van der Waals surface area contributed by atoms with Crippen LogP contribution < -0.4 is 10.2 Å². The molecule has 1 aromatic rings. The number of benzene rings is 1. The Morgan fingerprint density at radius 3 is 2.63 bits per heavy atom. The summed E-state index contributed by atoms with van der Waals surface area (Å²) in [7, 11) is 0. The van der Waals surface area contributed by atoms with E-state index in [1.165, 1.54) is 43.5 Å². The molecule has 0 radical (unpaired) electrons. The van der Waals surface area contributed by atoms with Gasteiger partial charge in [0.05, 0.1) is 0 Å². The third-order valence-electron chi connectivity index (χ3n) is 5.01. The molecule has 1 aliphatic carbocycles. The number of anilines is 1. The highest BCUT2D eigenvalue weighted by atomic mass is 15.2. The molecule has 0 spiro atoms. The summed E-state index contributed by atoms with van der Waals surface area (Å²) in [5.41, 5.74) is 3.21. The number of hydrogen-bond donors (Lipinski definition) is 1. The highest BCUT2D eigenvalue weighted by Crippen LogP contribution is 2.35. The van der Waals surface area contributed by atoms with E-state index in [-0.39, 0.29) is 5.54 Å². The van der Waals surface area contributed by atoms with Gasteiger partial charge in [-0.2, -0.15) is 0 Å². The first-order chi connectivity index (χ1) is 9.26.